The minimum atomic E-state index is -3.59. The van der Waals surface area contributed by atoms with Crippen LogP contribution in [0.15, 0.2) is 0 Å². The number of aliphatic hydroxyl groups excluding tert-OH is 2. The Bertz CT molecular complexity index is 1050. The van der Waals surface area contributed by atoms with Gasteiger partial charge in [0.05, 0.1) is 56.4 Å². The Morgan fingerprint density at radius 3 is 1.76 bits per heavy atom. The van der Waals surface area contributed by atoms with Crippen molar-refractivity contribution < 1.29 is 66.8 Å². The number of ether oxygens (including phenoxy) is 4. The van der Waals surface area contributed by atoms with E-state index in [2.05, 4.69) is 46.1 Å². The molecule has 0 spiro atoms. The van der Waals surface area contributed by atoms with Crippen LogP contribution in [0.4, 0.5) is 0 Å². The van der Waals surface area contributed by atoms with Crippen molar-refractivity contribution in [3.8, 4) is 0 Å². The van der Waals surface area contributed by atoms with Gasteiger partial charge in [0, 0.05) is 12.2 Å². The summed E-state index contributed by atoms with van der Waals surface area (Å²) in [6, 6.07) is 0. The molecule has 10 atom stereocenters. The number of hydrogen-bond acceptors (Lipinski definition) is 13. The summed E-state index contributed by atoms with van der Waals surface area (Å²) in [6.07, 6.45) is -0.174. The van der Waals surface area contributed by atoms with Gasteiger partial charge in [0.1, 0.15) is 0 Å². The quantitative estimate of drug-likeness (QED) is 0.0802. The van der Waals surface area contributed by atoms with Crippen molar-refractivity contribution in [1.82, 2.24) is 0 Å². The van der Waals surface area contributed by atoms with Crippen molar-refractivity contribution in [3.63, 3.8) is 0 Å². The van der Waals surface area contributed by atoms with Gasteiger partial charge in [-0.15, -0.1) is 25.7 Å². The molecule has 4 fully saturated rings. The second-order valence-electron chi connectivity index (χ2n) is 12.7. The fourth-order valence-electron chi connectivity index (χ4n) is 4.52. The molecule has 0 saturated carbocycles. The molecule has 288 valence electrons. The molecule has 51 heavy (non-hydrogen) atoms. The van der Waals surface area contributed by atoms with Crippen LogP contribution in [0.2, 0.25) is 18.1 Å². The largest absolute Gasteiger partial charge is 2.00 e. The average molecular weight is 1320 g/mol. The van der Waals surface area contributed by atoms with Crippen molar-refractivity contribution in [2.45, 2.75) is 141 Å². The summed E-state index contributed by atoms with van der Waals surface area (Å²) in [5.41, 5.74) is 0. The van der Waals surface area contributed by atoms with Crippen LogP contribution in [0, 0.1) is 26.4 Å². The Morgan fingerprint density at radius 1 is 0.824 bits per heavy atom. The molecule has 6 unspecified atom stereocenters. The number of aliphatic hydroxyl groups is 2. The average Bonchev–Trinajstić information content (AvgIpc) is 3.80. The number of thiol groups is 1. The SMILES string of the molecule is CC.CC[C@H]1O[CH-]CC1OP(O)(=S)OC[C@H]1O[CH-]CC1O[Si](C)(C)C(C)(C)C.O=P(S)(OC[C@H]1O[CH-]CC1O)OC1C[CH-]O[C@@H]1CO.[Ba+2].[Ba+2].[Ba+2].[Ba+2].[H-].[H-].[H-].[H-]. The standard InChI is InChI=1S/C17H33O6PSSi.C10H17O7PS.C2H6.4Ba.4H/c1-7-13-14(8-10-19-13)22-24(18,25)21-12-16-15(9-11-20-16)23-26(5,6)17(2,3)4;11-5-9-8(2-4-14-9)17-18(13,19)16-6-10-7(12)1-3-15-10;1-2;;;;;;;;/h10-11,13-16H,7-9,12H2,1-6H3,(H,18,25);3-4,7-12H,1-2,5-6H2,(H,13,19);1-2H3;;;;;;;;/q2*-2;;4*+2;4*-1/t13-,14?,15?,16-,24?;7?,8?,9-,10-,18?;;;;;;;;;/m11........./s1. The topological polar surface area (TPSA) is 161 Å². The molecule has 4 aliphatic rings. The molecule has 13 nitrogen and oxygen atoms in total. The van der Waals surface area contributed by atoms with Crippen LogP contribution in [0.1, 0.15) is 79.4 Å². The van der Waals surface area contributed by atoms with Crippen molar-refractivity contribution in [3.05, 3.63) is 26.4 Å². The second-order valence-corrected chi connectivity index (χ2v) is 23.1. The third kappa shape index (κ3) is 23.0. The molecule has 4 aliphatic heterocycles. The van der Waals surface area contributed by atoms with Gasteiger partial charge in [-0.25, -0.2) is 31.0 Å². The first-order chi connectivity index (χ1) is 22.0. The van der Waals surface area contributed by atoms with Gasteiger partial charge < -0.3 is 53.2 Å². The first-order valence-electron chi connectivity index (χ1n) is 16.1. The molecular formula is C29H60Ba4O13P2S2Si. The zero-order valence-corrected chi connectivity index (χ0v) is 53.9. The first-order valence-corrected chi connectivity index (χ1v) is 24.3. The molecule has 4 heterocycles. The van der Waals surface area contributed by atoms with Crippen LogP contribution in [-0.2, 0) is 57.8 Å². The maximum atomic E-state index is 12.0. The van der Waals surface area contributed by atoms with E-state index in [4.69, 9.17) is 58.4 Å². The third-order valence-electron chi connectivity index (χ3n) is 8.26. The van der Waals surface area contributed by atoms with E-state index < -0.39 is 46.2 Å². The van der Waals surface area contributed by atoms with Gasteiger partial charge in [0.15, 0.2) is 8.32 Å². The Morgan fingerprint density at radius 2 is 1.27 bits per heavy atom. The monoisotopic (exact) mass is 1320 g/mol. The van der Waals surface area contributed by atoms with Crippen LogP contribution in [-0.4, -0.2) is 288 Å². The third-order valence-corrected chi connectivity index (χ3v) is 16.0. The maximum Gasteiger partial charge on any atom is 2.00 e. The van der Waals surface area contributed by atoms with E-state index in [9.17, 15) is 14.6 Å². The van der Waals surface area contributed by atoms with Gasteiger partial charge in [0.2, 0.25) is 0 Å². The summed E-state index contributed by atoms with van der Waals surface area (Å²) in [5.74, 6) is 0. The summed E-state index contributed by atoms with van der Waals surface area (Å²) >= 11 is 9.03. The molecule has 0 aromatic rings. The van der Waals surface area contributed by atoms with Gasteiger partial charge in [-0.3, -0.25) is 9.05 Å². The molecule has 22 heteroatoms. The molecule has 4 rings (SSSR count). The molecule has 0 aliphatic carbocycles. The minimum absolute atomic E-state index is 0. The Kier molecular flexibility index (Phi) is 38.2. The van der Waals surface area contributed by atoms with Crippen molar-refractivity contribution in [2.75, 3.05) is 19.8 Å². The van der Waals surface area contributed by atoms with Crippen LogP contribution < -0.4 is 0 Å². The fourth-order valence-corrected chi connectivity index (χ4v) is 8.87. The Balaban J connectivity index is -0.000000145. The van der Waals surface area contributed by atoms with E-state index in [1.165, 1.54) is 13.2 Å². The molecule has 0 radical (unpaired) electrons. The van der Waals surface area contributed by atoms with Gasteiger partial charge in [0.25, 0.3) is 0 Å². The van der Waals surface area contributed by atoms with Crippen LogP contribution >= 0.6 is 25.8 Å². The smallest absolute Gasteiger partial charge is 1.00 e. The maximum absolute atomic E-state index is 12.0. The van der Waals surface area contributed by atoms with Crippen LogP contribution in [0.5, 0.6) is 0 Å². The number of rotatable bonds is 14. The van der Waals surface area contributed by atoms with Crippen LogP contribution in [0.25, 0.3) is 0 Å². The normalized spacial score (nSPS) is 31.1. The first kappa shape index (κ1) is 62.5. The second kappa shape index (κ2) is 31.2. The predicted octanol–water partition coefficient (Wildman–Crippen LogP) is 4.94. The zero-order valence-electron chi connectivity index (χ0n) is 35.6. The van der Waals surface area contributed by atoms with Crippen molar-refractivity contribution in [1.29, 1.82) is 0 Å². The van der Waals surface area contributed by atoms with Crippen LogP contribution in [0.3, 0.4) is 0 Å². The summed E-state index contributed by atoms with van der Waals surface area (Å²) in [4.78, 5) is 10.4. The summed E-state index contributed by atoms with van der Waals surface area (Å²) in [5, 5.41) is 18.6. The molecular weight excluding hydrogens is 1260 g/mol. The molecule has 0 aromatic carbocycles. The van der Waals surface area contributed by atoms with Gasteiger partial charge >= 0.3 is 209 Å². The van der Waals surface area contributed by atoms with Gasteiger partial charge in [-0.1, -0.05) is 53.8 Å². The van der Waals surface area contributed by atoms with Gasteiger partial charge in [-0.05, 0) is 36.4 Å². The van der Waals surface area contributed by atoms with E-state index in [1.807, 2.05) is 20.8 Å². The molecule has 4 saturated heterocycles. The Hall–Kier alpha value is 7.25. The molecule has 0 amide bonds. The van der Waals surface area contributed by atoms with Crippen molar-refractivity contribution >= 4 is 241 Å². The van der Waals surface area contributed by atoms with Gasteiger partial charge in [-0.2, -0.15) is 0 Å². The van der Waals surface area contributed by atoms with E-state index in [1.54, 1.807) is 13.2 Å². The minimum Gasteiger partial charge on any atom is -1.00 e. The Labute approximate surface area is 485 Å². The van der Waals surface area contributed by atoms with E-state index in [-0.39, 0.29) is 251 Å². The molecule has 3 N–H and O–H groups in total. The number of hydrogen-bond donors (Lipinski definition) is 4. The molecule has 0 bridgehead atoms. The molecule has 0 aromatic heterocycles. The summed E-state index contributed by atoms with van der Waals surface area (Å²) < 4.78 is 61.3. The van der Waals surface area contributed by atoms with E-state index in [0.29, 0.717) is 25.7 Å². The summed E-state index contributed by atoms with van der Waals surface area (Å²) in [7, 11) is -1.92. The van der Waals surface area contributed by atoms with Crippen molar-refractivity contribution in [2.24, 2.45) is 0 Å². The van der Waals surface area contributed by atoms with E-state index >= 15 is 0 Å². The zero-order chi connectivity index (χ0) is 35.5. The fraction of sp³-hybridized carbons (Fsp3) is 0.862. The summed E-state index contributed by atoms with van der Waals surface area (Å²) in [6.45, 7) is 16.3. The predicted molar refractivity (Wildman–Crippen MR) is 214 cm³/mol. The van der Waals surface area contributed by atoms with E-state index in [0.717, 1.165) is 6.42 Å².